The summed E-state index contributed by atoms with van der Waals surface area (Å²) in [7, 11) is 0. The highest BCUT2D eigenvalue weighted by atomic mass is 14.7. The number of nitrogens with two attached hydrogens (primary N) is 1. The monoisotopic (exact) mass is 226 g/mol. The summed E-state index contributed by atoms with van der Waals surface area (Å²) in [4.78, 5) is 4.46. The number of aromatic nitrogens is 1. The zero-order valence-corrected chi connectivity index (χ0v) is 9.97. The molecule has 0 unspecified atom stereocenters. The van der Waals surface area contributed by atoms with E-state index in [0.717, 1.165) is 25.0 Å². The van der Waals surface area contributed by atoms with Gasteiger partial charge >= 0.3 is 0 Å². The highest BCUT2D eigenvalue weighted by Crippen LogP contribution is 2.06. The fourth-order valence-corrected chi connectivity index (χ4v) is 1.83. The Morgan fingerprint density at radius 2 is 1.65 bits per heavy atom. The molecule has 2 rings (SSSR count). The van der Waals surface area contributed by atoms with Gasteiger partial charge in [-0.05, 0) is 43.0 Å². The third kappa shape index (κ3) is 3.68. The van der Waals surface area contributed by atoms with Crippen molar-refractivity contribution in [2.45, 2.75) is 19.3 Å². The van der Waals surface area contributed by atoms with Crippen molar-refractivity contribution >= 4 is 0 Å². The smallest absolute Gasteiger partial charge is 0.0407 e. The maximum atomic E-state index is 5.51. The fourth-order valence-electron chi connectivity index (χ4n) is 1.83. The Bertz CT molecular complexity index is 434. The van der Waals surface area contributed by atoms with Gasteiger partial charge in [0.15, 0.2) is 0 Å². The van der Waals surface area contributed by atoms with Gasteiger partial charge in [-0.2, -0.15) is 0 Å². The molecule has 2 N–H and O–H groups in total. The lowest BCUT2D eigenvalue weighted by Gasteiger charge is -2.03. The van der Waals surface area contributed by atoms with Gasteiger partial charge in [0.1, 0.15) is 0 Å². The van der Waals surface area contributed by atoms with E-state index in [2.05, 4.69) is 41.4 Å². The van der Waals surface area contributed by atoms with E-state index in [0.29, 0.717) is 6.54 Å². The van der Waals surface area contributed by atoms with E-state index in [1.165, 1.54) is 11.1 Å². The first-order chi connectivity index (χ1) is 8.38. The number of nitrogens with zero attached hydrogens (tertiary/aromatic N) is 1. The summed E-state index contributed by atoms with van der Waals surface area (Å²) in [6.07, 6.45) is 4.89. The van der Waals surface area contributed by atoms with Crippen molar-refractivity contribution in [3.05, 3.63) is 65.5 Å². The summed E-state index contributed by atoms with van der Waals surface area (Å²) in [6.45, 7) is 0.686. The minimum atomic E-state index is 0.686. The van der Waals surface area contributed by atoms with Crippen LogP contribution in [0, 0.1) is 0 Å². The maximum absolute atomic E-state index is 5.51. The number of hydrogen-bond acceptors (Lipinski definition) is 2. The molecule has 0 aliphatic carbocycles. The lowest BCUT2D eigenvalue weighted by Crippen LogP contribution is -2.03. The Kier molecular flexibility index (Phi) is 4.28. The fraction of sp³-hybridized carbons (Fsp3) is 0.267. The summed E-state index contributed by atoms with van der Waals surface area (Å²) in [5, 5.41) is 0. The Balaban J connectivity index is 1.91. The Labute approximate surface area is 103 Å². The average Bonchev–Trinajstić information content (AvgIpc) is 2.40. The van der Waals surface area contributed by atoms with Gasteiger partial charge in [-0.15, -0.1) is 0 Å². The van der Waals surface area contributed by atoms with E-state index in [4.69, 9.17) is 5.73 Å². The van der Waals surface area contributed by atoms with Crippen molar-refractivity contribution in [3.63, 3.8) is 0 Å². The summed E-state index contributed by atoms with van der Waals surface area (Å²) in [5.41, 5.74) is 9.23. The van der Waals surface area contributed by atoms with Crippen molar-refractivity contribution in [2.75, 3.05) is 6.54 Å². The maximum Gasteiger partial charge on any atom is 0.0407 e. The summed E-state index contributed by atoms with van der Waals surface area (Å²) in [5.74, 6) is 0. The molecule has 0 aliphatic rings. The van der Waals surface area contributed by atoms with E-state index in [1.54, 1.807) is 0 Å². The third-order valence-corrected chi connectivity index (χ3v) is 2.83. The molecule has 2 heteroatoms. The van der Waals surface area contributed by atoms with Crippen LogP contribution < -0.4 is 5.73 Å². The molecule has 0 spiro atoms. The van der Waals surface area contributed by atoms with Gasteiger partial charge < -0.3 is 5.73 Å². The van der Waals surface area contributed by atoms with E-state index >= 15 is 0 Å². The largest absolute Gasteiger partial charge is 0.330 e. The average molecular weight is 226 g/mol. The number of aryl methyl sites for hydroxylation is 2. The number of hydrogen-bond donors (Lipinski definition) is 1. The van der Waals surface area contributed by atoms with Crippen LogP contribution in [0.1, 0.15) is 16.8 Å². The van der Waals surface area contributed by atoms with Crippen molar-refractivity contribution in [3.8, 4) is 0 Å². The van der Waals surface area contributed by atoms with Crippen molar-refractivity contribution in [1.29, 1.82) is 0 Å². The van der Waals surface area contributed by atoms with Crippen molar-refractivity contribution in [1.82, 2.24) is 4.98 Å². The highest BCUT2D eigenvalue weighted by molar-refractivity contribution is 5.18. The van der Waals surface area contributed by atoms with Gasteiger partial charge in [0, 0.05) is 11.9 Å². The summed E-state index contributed by atoms with van der Waals surface area (Å²) >= 11 is 0. The molecule has 0 radical (unpaired) electrons. The first-order valence-corrected chi connectivity index (χ1v) is 6.06. The molecule has 0 bridgehead atoms. The topological polar surface area (TPSA) is 38.9 Å². The Hall–Kier alpha value is -1.67. The molecule has 0 saturated carbocycles. The molecule has 88 valence electrons. The molecule has 1 aromatic heterocycles. The number of benzene rings is 1. The molecule has 17 heavy (non-hydrogen) atoms. The van der Waals surface area contributed by atoms with Gasteiger partial charge in [-0.25, -0.2) is 0 Å². The lowest BCUT2D eigenvalue weighted by molar-refractivity contribution is 0.896. The molecule has 2 aromatic rings. The highest BCUT2D eigenvalue weighted by Gasteiger charge is 1.97. The van der Waals surface area contributed by atoms with Crippen LogP contribution in [0.4, 0.5) is 0 Å². The molecule has 0 amide bonds. The minimum absolute atomic E-state index is 0.686. The van der Waals surface area contributed by atoms with E-state index < -0.39 is 0 Å². The van der Waals surface area contributed by atoms with Crippen LogP contribution in [-0.2, 0) is 19.3 Å². The van der Waals surface area contributed by atoms with Gasteiger partial charge in [0.05, 0.1) is 0 Å². The lowest BCUT2D eigenvalue weighted by atomic mass is 10.1. The molecule has 0 aliphatic heterocycles. The van der Waals surface area contributed by atoms with Gasteiger partial charge in [-0.1, -0.05) is 36.4 Å². The van der Waals surface area contributed by atoms with Crippen molar-refractivity contribution < 1.29 is 0 Å². The quantitative estimate of drug-likeness (QED) is 0.850. The molecular formula is C15H18N2. The zero-order chi connectivity index (χ0) is 11.9. The molecule has 0 fully saturated rings. The van der Waals surface area contributed by atoms with Crippen LogP contribution in [0.5, 0.6) is 0 Å². The van der Waals surface area contributed by atoms with E-state index in [9.17, 15) is 0 Å². The standard InChI is InChI=1S/C15H18N2/c16-11-10-14-7-9-15(17-12-14)8-6-13-4-2-1-3-5-13/h1-5,7,9,12H,6,8,10-11,16H2. The van der Waals surface area contributed by atoms with Crippen LogP contribution >= 0.6 is 0 Å². The minimum Gasteiger partial charge on any atom is -0.330 e. The van der Waals surface area contributed by atoms with Crippen LogP contribution in [0.3, 0.4) is 0 Å². The predicted molar refractivity (Wildman–Crippen MR) is 70.8 cm³/mol. The van der Waals surface area contributed by atoms with Crippen molar-refractivity contribution in [2.24, 2.45) is 5.73 Å². The molecule has 2 nitrogen and oxygen atoms in total. The van der Waals surface area contributed by atoms with Gasteiger partial charge in [0.2, 0.25) is 0 Å². The molecule has 1 heterocycles. The SMILES string of the molecule is NCCc1ccc(CCc2ccccc2)nc1. The second kappa shape index (κ2) is 6.16. The summed E-state index contributed by atoms with van der Waals surface area (Å²) < 4.78 is 0. The Morgan fingerprint density at radius 1 is 0.824 bits per heavy atom. The number of rotatable bonds is 5. The van der Waals surface area contributed by atoms with Crippen LogP contribution in [-0.4, -0.2) is 11.5 Å². The predicted octanol–water partition coefficient (Wildman–Crippen LogP) is 2.37. The molecule has 1 aromatic carbocycles. The first kappa shape index (κ1) is 11.8. The normalized spacial score (nSPS) is 10.4. The van der Waals surface area contributed by atoms with Gasteiger partial charge in [0.25, 0.3) is 0 Å². The van der Waals surface area contributed by atoms with Gasteiger partial charge in [-0.3, -0.25) is 4.98 Å². The molecular weight excluding hydrogens is 208 g/mol. The molecule has 0 saturated heterocycles. The Morgan fingerprint density at radius 3 is 2.29 bits per heavy atom. The van der Waals surface area contributed by atoms with E-state index in [-0.39, 0.29) is 0 Å². The van der Waals surface area contributed by atoms with Crippen LogP contribution in [0.15, 0.2) is 48.7 Å². The zero-order valence-electron chi connectivity index (χ0n) is 9.97. The van der Waals surface area contributed by atoms with Crippen LogP contribution in [0.25, 0.3) is 0 Å². The second-order valence-electron chi connectivity index (χ2n) is 4.18. The molecule has 0 atom stereocenters. The third-order valence-electron chi connectivity index (χ3n) is 2.83. The summed E-state index contributed by atoms with van der Waals surface area (Å²) in [6, 6.07) is 14.7. The first-order valence-electron chi connectivity index (χ1n) is 6.06. The number of pyridine rings is 1. The second-order valence-corrected chi connectivity index (χ2v) is 4.18. The van der Waals surface area contributed by atoms with Crippen LogP contribution in [0.2, 0.25) is 0 Å². The van der Waals surface area contributed by atoms with E-state index in [1.807, 2.05) is 12.3 Å².